The SMILES string of the molecule is COc1ccc2c(C(=O)N3CCC4CCN(C)CC43)n[nH]c2c1. The molecule has 0 bridgehead atoms. The van der Waals surface area contributed by atoms with Crippen molar-refractivity contribution in [2.45, 2.75) is 18.9 Å². The second kappa shape index (κ2) is 5.53. The molecule has 2 aromatic rings. The van der Waals surface area contributed by atoms with Crippen molar-refractivity contribution >= 4 is 16.8 Å². The third-order valence-electron chi connectivity index (χ3n) is 5.30. The Morgan fingerprint density at radius 3 is 3.00 bits per heavy atom. The number of hydrogen-bond donors (Lipinski definition) is 1. The maximum Gasteiger partial charge on any atom is 0.275 e. The second-order valence-corrected chi connectivity index (χ2v) is 6.65. The molecule has 3 heterocycles. The Balaban J connectivity index is 1.64. The molecule has 2 unspecified atom stereocenters. The number of aromatic nitrogens is 2. The summed E-state index contributed by atoms with van der Waals surface area (Å²) in [6.07, 6.45) is 2.30. The molecule has 0 aliphatic carbocycles. The van der Waals surface area contributed by atoms with E-state index in [1.54, 1.807) is 7.11 Å². The molecular weight excluding hydrogens is 292 g/mol. The van der Waals surface area contributed by atoms with Gasteiger partial charge >= 0.3 is 0 Å². The topological polar surface area (TPSA) is 61.5 Å². The normalized spacial score (nSPS) is 24.9. The molecule has 6 nitrogen and oxygen atoms in total. The fourth-order valence-electron chi connectivity index (χ4n) is 3.98. The van der Waals surface area contributed by atoms with Gasteiger partial charge < -0.3 is 14.5 Å². The van der Waals surface area contributed by atoms with Crippen LogP contribution in [0.25, 0.3) is 10.9 Å². The number of carbonyl (C=O) groups is 1. The zero-order valence-corrected chi connectivity index (χ0v) is 13.6. The number of rotatable bonds is 2. The Bertz CT molecular complexity index is 741. The number of hydrogen-bond acceptors (Lipinski definition) is 4. The van der Waals surface area contributed by atoms with Gasteiger partial charge in [-0.05, 0) is 44.5 Å². The lowest BCUT2D eigenvalue weighted by atomic mass is 9.92. The fraction of sp³-hybridized carbons (Fsp3) is 0.529. The zero-order valence-electron chi connectivity index (χ0n) is 13.6. The van der Waals surface area contributed by atoms with Crippen molar-refractivity contribution in [3.63, 3.8) is 0 Å². The van der Waals surface area contributed by atoms with Gasteiger partial charge in [0, 0.05) is 30.6 Å². The molecule has 2 saturated heterocycles. The number of H-pyrrole nitrogens is 1. The Kier molecular flexibility index (Phi) is 3.49. The minimum Gasteiger partial charge on any atom is -0.497 e. The third kappa shape index (κ3) is 2.37. The molecule has 4 rings (SSSR count). The highest BCUT2D eigenvalue weighted by Crippen LogP contribution is 2.33. The van der Waals surface area contributed by atoms with Crippen LogP contribution in [0.15, 0.2) is 18.2 Å². The van der Waals surface area contributed by atoms with Crippen molar-refractivity contribution in [3.8, 4) is 5.75 Å². The van der Waals surface area contributed by atoms with Gasteiger partial charge in [0.1, 0.15) is 5.75 Å². The van der Waals surface area contributed by atoms with Crippen LogP contribution in [0.4, 0.5) is 0 Å². The Morgan fingerprint density at radius 1 is 1.35 bits per heavy atom. The summed E-state index contributed by atoms with van der Waals surface area (Å²) in [6.45, 7) is 2.94. The van der Waals surface area contributed by atoms with E-state index in [1.165, 1.54) is 6.42 Å². The van der Waals surface area contributed by atoms with Crippen LogP contribution in [0.1, 0.15) is 23.3 Å². The average Bonchev–Trinajstić information content (AvgIpc) is 3.17. The van der Waals surface area contributed by atoms with E-state index >= 15 is 0 Å². The maximum atomic E-state index is 13.0. The molecule has 0 radical (unpaired) electrons. The molecule has 2 atom stereocenters. The van der Waals surface area contributed by atoms with Gasteiger partial charge in [0.15, 0.2) is 5.69 Å². The molecule has 23 heavy (non-hydrogen) atoms. The summed E-state index contributed by atoms with van der Waals surface area (Å²) >= 11 is 0. The minimum atomic E-state index is 0.0456. The van der Waals surface area contributed by atoms with Gasteiger partial charge in [-0.3, -0.25) is 9.89 Å². The predicted molar refractivity (Wildman–Crippen MR) is 87.7 cm³/mol. The largest absolute Gasteiger partial charge is 0.497 e. The first kappa shape index (κ1) is 14.5. The van der Waals surface area contributed by atoms with Crippen LogP contribution in [0.2, 0.25) is 0 Å². The van der Waals surface area contributed by atoms with Gasteiger partial charge in [-0.1, -0.05) is 0 Å². The number of piperidine rings is 1. The fourth-order valence-corrected chi connectivity index (χ4v) is 3.98. The molecule has 1 aromatic heterocycles. The number of likely N-dealkylation sites (tertiary alicyclic amines) is 2. The molecule has 2 aliphatic rings. The van der Waals surface area contributed by atoms with E-state index in [-0.39, 0.29) is 5.91 Å². The number of carbonyl (C=O) groups excluding carboxylic acids is 1. The Labute approximate surface area is 135 Å². The average molecular weight is 314 g/mol. The van der Waals surface area contributed by atoms with E-state index < -0.39 is 0 Å². The Morgan fingerprint density at radius 2 is 2.17 bits per heavy atom. The molecule has 122 valence electrons. The van der Waals surface area contributed by atoms with Gasteiger partial charge in [-0.25, -0.2) is 0 Å². The van der Waals surface area contributed by atoms with Gasteiger partial charge in [0.25, 0.3) is 5.91 Å². The van der Waals surface area contributed by atoms with Crippen molar-refractivity contribution in [2.75, 3.05) is 33.8 Å². The molecule has 6 heteroatoms. The summed E-state index contributed by atoms with van der Waals surface area (Å²) in [5.74, 6) is 1.44. The van der Waals surface area contributed by atoms with E-state index in [0.29, 0.717) is 17.7 Å². The standard InChI is InChI=1S/C17H22N4O2/c1-20-7-5-11-6-8-21(15(11)10-20)17(22)16-13-4-3-12(23-2)9-14(13)18-19-16/h3-4,9,11,15H,5-8,10H2,1-2H3,(H,18,19). The van der Waals surface area contributed by atoms with Crippen LogP contribution in [-0.4, -0.2) is 65.7 Å². The highest BCUT2D eigenvalue weighted by molar-refractivity contribution is 6.05. The Hall–Kier alpha value is -2.08. The second-order valence-electron chi connectivity index (χ2n) is 6.65. The van der Waals surface area contributed by atoms with Crippen LogP contribution < -0.4 is 4.74 Å². The van der Waals surface area contributed by atoms with Crippen LogP contribution in [0, 0.1) is 5.92 Å². The number of fused-ring (bicyclic) bond motifs is 2. The molecule has 1 amide bonds. The lowest BCUT2D eigenvalue weighted by molar-refractivity contribution is 0.0627. The summed E-state index contributed by atoms with van der Waals surface area (Å²) in [5.41, 5.74) is 1.36. The van der Waals surface area contributed by atoms with E-state index in [0.717, 1.165) is 42.7 Å². The lowest BCUT2D eigenvalue weighted by Gasteiger charge is -2.36. The smallest absolute Gasteiger partial charge is 0.275 e. The number of aromatic amines is 1. The van der Waals surface area contributed by atoms with Crippen LogP contribution in [0.5, 0.6) is 5.75 Å². The highest BCUT2D eigenvalue weighted by atomic mass is 16.5. The van der Waals surface area contributed by atoms with Gasteiger partial charge in [-0.15, -0.1) is 0 Å². The van der Waals surface area contributed by atoms with Crippen LogP contribution in [-0.2, 0) is 0 Å². The van der Waals surface area contributed by atoms with Crippen LogP contribution >= 0.6 is 0 Å². The predicted octanol–water partition coefficient (Wildman–Crippen LogP) is 1.74. The van der Waals surface area contributed by atoms with Crippen LogP contribution in [0.3, 0.4) is 0 Å². The summed E-state index contributed by atoms with van der Waals surface area (Å²) in [6, 6.07) is 5.98. The number of likely N-dealkylation sites (N-methyl/N-ethyl adjacent to an activating group) is 1. The molecule has 1 aromatic carbocycles. The molecular formula is C17H22N4O2. The number of nitrogens with zero attached hydrogens (tertiary/aromatic N) is 3. The van der Waals surface area contributed by atoms with Crippen molar-refractivity contribution in [2.24, 2.45) is 5.92 Å². The third-order valence-corrected chi connectivity index (χ3v) is 5.30. The first-order valence-corrected chi connectivity index (χ1v) is 8.19. The molecule has 2 aliphatic heterocycles. The number of amides is 1. The lowest BCUT2D eigenvalue weighted by Crippen LogP contribution is -2.48. The minimum absolute atomic E-state index is 0.0456. The van der Waals surface area contributed by atoms with Crippen molar-refractivity contribution in [1.82, 2.24) is 20.0 Å². The van der Waals surface area contributed by atoms with E-state index in [2.05, 4.69) is 22.1 Å². The quantitative estimate of drug-likeness (QED) is 0.917. The summed E-state index contributed by atoms with van der Waals surface area (Å²) in [4.78, 5) is 17.4. The van der Waals surface area contributed by atoms with Crippen molar-refractivity contribution in [3.05, 3.63) is 23.9 Å². The number of methoxy groups -OCH3 is 1. The van der Waals surface area contributed by atoms with Gasteiger partial charge in [0.05, 0.1) is 12.6 Å². The molecule has 0 spiro atoms. The summed E-state index contributed by atoms with van der Waals surface area (Å²) in [7, 11) is 3.76. The summed E-state index contributed by atoms with van der Waals surface area (Å²) in [5, 5.41) is 8.11. The number of benzene rings is 1. The highest BCUT2D eigenvalue weighted by Gasteiger charge is 2.40. The number of ether oxygens (including phenoxy) is 1. The maximum absolute atomic E-state index is 13.0. The first-order valence-electron chi connectivity index (χ1n) is 8.19. The van der Waals surface area contributed by atoms with Gasteiger partial charge in [-0.2, -0.15) is 5.10 Å². The van der Waals surface area contributed by atoms with Gasteiger partial charge in [0.2, 0.25) is 0 Å². The van der Waals surface area contributed by atoms with E-state index in [1.807, 2.05) is 23.1 Å². The molecule has 2 fully saturated rings. The number of nitrogens with one attached hydrogen (secondary N) is 1. The summed E-state index contributed by atoms with van der Waals surface area (Å²) < 4.78 is 5.23. The zero-order chi connectivity index (χ0) is 16.0. The monoisotopic (exact) mass is 314 g/mol. The van der Waals surface area contributed by atoms with E-state index in [4.69, 9.17) is 4.74 Å². The van der Waals surface area contributed by atoms with Crippen molar-refractivity contribution in [1.29, 1.82) is 0 Å². The molecule has 0 saturated carbocycles. The first-order chi connectivity index (χ1) is 11.2. The van der Waals surface area contributed by atoms with Crippen molar-refractivity contribution < 1.29 is 9.53 Å². The molecule has 1 N–H and O–H groups in total. The van der Waals surface area contributed by atoms with E-state index in [9.17, 15) is 4.79 Å².